The number of benzene rings is 2. The summed E-state index contributed by atoms with van der Waals surface area (Å²) in [7, 11) is 0. The minimum Gasteiger partial charge on any atom is -0.455 e. The zero-order valence-corrected chi connectivity index (χ0v) is 12.8. The van der Waals surface area contributed by atoms with Crippen LogP contribution < -0.4 is 5.43 Å². The van der Waals surface area contributed by atoms with Crippen LogP contribution in [-0.2, 0) is 0 Å². The fourth-order valence-corrected chi connectivity index (χ4v) is 2.19. The van der Waals surface area contributed by atoms with Gasteiger partial charge in [-0.25, -0.2) is 0 Å². The lowest BCUT2D eigenvalue weighted by Crippen LogP contribution is -1.90. The first kappa shape index (κ1) is 14.4. The molecule has 3 nitrogen and oxygen atoms in total. The van der Waals surface area contributed by atoms with Crippen LogP contribution in [0.5, 0.6) is 0 Å². The Kier molecular flexibility index (Phi) is 4.26. The molecule has 2 aromatic carbocycles. The molecule has 0 aliphatic rings. The monoisotopic (exact) mass is 310 g/mol. The fourth-order valence-electron chi connectivity index (χ4n) is 2.01. The summed E-state index contributed by atoms with van der Waals surface area (Å²) >= 11 is 6.07. The molecule has 110 valence electrons. The van der Waals surface area contributed by atoms with Gasteiger partial charge in [0.2, 0.25) is 0 Å². The lowest BCUT2D eigenvalue weighted by Gasteiger charge is -2.02. The van der Waals surface area contributed by atoms with Gasteiger partial charge in [0.1, 0.15) is 11.5 Å². The summed E-state index contributed by atoms with van der Waals surface area (Å²) in [5.74, 6) is 1.50. The van der Waals surface area contributed by atoms with E-state index >= 15 is 0 Å². The van der Waals surface area contributed by atoms with Crippen molar-refractivity contribution < 1.29 is 4.42 Å². The Morgan fingerprint density at radius 2 is 1.86 bits per heavy atom. The van der Waals surface area contributed by atoms with Crippen LogP contribution in [0.15, 0.2) is 70.2 Å². The molecule has 0 atom stereocenters. The highest BCUT2D eigenvalue weighted by Crippen LogP contribution is 2.21. The van der Waals surface area contributed by atoms with Gasteiger partial charge in [0.25, 0.3) is 0 Å². The van der Waals surface area contributed by atoms with Gasteiger partial charge in [-0.3, -0.25) is 5.43 Å². The van der Waals surface area contributed by atoms with E-state index in [0.717, 1.165) is 22.6 Å². The third kappa shape index (κ3) is 3.38. The molecule has 3 rings (SSSR count). The summed E-state index contributed by atoms with van der Waals surface area (Å²) in [5.41, 5.74) is 5.85. The van der Waals surface area contributed by atoms with Crippen molar-refractivity contribution in [1.82, 2.24) is 0 Å². The summed E-state index contributed by atoms with van der Waals surface area (Å²) < 4.78 is 5.74. The van der Waals surface area contributed by atoms with Crippen molar-refractivity contribution in [3.05, 3.63) is 77.0 Å². The van der Waals surface area contributed by atoms with Crippen molar-refractivity contribution in [3.8, 4) is 11.3 Å². The Labute approximate surface area is 134 Å². The number of hydrogen-bond acceptors (Lipinski definition) is 3. The Morgan fingerprint density at radius 1 is 1.05 bits per heavy atom. The van der Waals surface area contributed by atoms with Gasteiger partial charge in [-0.1, -0.05) is 48.0 Å². The normalized spacial score (nSPS) is 11.0. The quantitative estimate of drug-likeness (QED) is 0.520. The lowest BCUT2D eigenvalue weighted by molar-refractivity contribution is 0.575. The molecule has 0 fully saturated rings. The third-order valence-electron chi connectivity index (χ3n) is 3.24. The maximum absolute atomic E-state index is 6.07. The molecule has 0 radical (unpaired) electrons. The number of anilines is 1. The average Bonchev–Trinajstić information content (AvgIpc) is 3.01. The summed E-state index contributed by atoms with van der Waals surface area (Å²) in [6, 6.07) is 19.5. The summed E-state index contributed by atoms with van der Waals surface area (Å²) in [5, 5.41) is 4.87. The van der Waals surface area contributed by atoms with Gasteiger partial charge in [0.15, 0.2) is 0 Å². The molecule has 1 heterocycles. The molecular formula is C18H15ClN2O. The maximum atomic E-state index is 6.07. The van der Waals surface area contributed by atoms with Gasteiger partial charge in [-0.15, -0.1) is 0 Å². The smallest absolute Gasteiger partial charge is 0.147 e. The number of furan rings is 1. The predicted octanol–water partition coefficient (Wildman–Crippen LogP) is 5.35. The van der Waals surface area contributed by atoms with Crippen LogP contribution in [0.25, 0.3) is 11.3 Å². The van der Waals surface area contributed by atoms with E-state index in [-0.39, 0.29) is 0 Å². The number of nitrogens with one attached hydrogen (secondary N) is 1. The van der Waals surface area contributed by atoms with E-state index in [0.29, 0.717) is 10.8 Å². The molecular weight excluding hydrogens is 296 g/mol. The number of nitrogens with zero attached hydrogens (tertiary/aromatic N) is 1. The standard InChI is InChI=1S/C18H15ClN2O/c1-13-7-8-15(11-17(13)19)21-20-12-16-9-10-18(22-16)14-5-3-2-4-6-14/h2-12,21H,1H3. The van der Waals surface area contributed by atoms with E-state index in [4.69, 9.17) is 16.0 Å². The van der Waals surface area contributed by atoms with Crippen molar-refractivity contribution >= 4 is 23.5 Å². The summed E-state index contributed by atoms with van der Waals surface area (Å²) in [6.45, 7) is 1.96. The molecule has 1 aromatic heterocycles. The van der Waals surface area contributed by atoms with Crippen LogP contribution in [0.2, 0.25) is 5.02 Å². The number of hydrazone groups is 1. The number of rotatable bonds is 4. The van der Waals surface area contributed by atoms with Gasteiger partial charge in [0, 0.05) is 10.6 Å². The van der Waals surface area contributed by atoms with Gasteiger partial charge in [0.05, 0.1) is 11.9 Å². The second kappa shape index (κ2) is 6.50. The second-order valence-corrected chi connectivity index (χ2v) is 5.31. The molecule has 0 aliphatic carbocycles. The second-order valence-electron chi connectivity index (χ2n) is 4.90. The van der Waals surface area contributed by atoms with E-state index in [1.807, 2.05) is 67.6 Å². The first-order valence-electron chi connectivity index (χ1n) is 6.93. The van der Waals surface area contributed by atoms with Crippen LogP contribution in [0.4, 0.5) is 5.69 Å². The van der Waals surface area contributed by atoms with E-state index in [2.05, 4.69) is 10.5 Å². The fraction of sp³-hybridized carbons (Fsp3) is 0.0556. The molecule has 0 saturated carbocycles. The van der Waals surface area contributed by atoms with Gasteiger partial charge in [-0.2, -0.15) is 5.10 Å². The molecule has 3 aromatic rings. The van der Waals surface area contributed by atoms with E-state index in [9.17, 15) is 0 Å². The van der Waals surface area contributed by atoms with Crippen LogP contribution in [-0.4, -0.2) is 6.21 Å². The van der Waals surface area contributed by atoms with Crippen molar-refractivity contribution in [2.24, 2.45) is 5.10 Å². The Hall–Kier alpha value is -2.52. The van der Waals surface area contributed by atoms with Crippen molar-refractivity contribution in [2.75, 3.05) is 5.43 Å². The largest absolute Gasteiger partial charge is 0.455 e. The summed E-state index contributed by atoms with van der Waals surface area (Å²) in [4.78, 5) is 0. The topological polar surface area (TPSA) is 37.5 Å². The summed E-state index contributed by atoms with van der Waals surface area (Å²) in [6.07, 6.45) is 1.64. The zero-order chi connectivity index (χ0) is 15.4. The molecule has 1 N–H and O–H groups in total. The average molecular weight is 311 g/mol. The van der Waals surface area contributed by atoms with Crippen LogP contribution in [0.1, 0.15) is 11.3 Å². The van der Waals surface area contributed by atoms with Crippen molar-refractivity contribution in [2.45, 2.75) is 6.92 Å². The molecule has 0 amide bonds. The van der Waals surface area contributed by atoms with Crippen LogP contribution >= 0.6 is 11.6 Å². The lowest BCUT2D eigenvalue weighted by atomic mass is 10.2. The minimum atomic E-state index is 0.685. The Balaban J connectivity index is 1.68. The van der Waals surface area contributed by atoms with Crippen LogP contribution in [0.3, 0.4) is 0 Å². The van der Waals surface area contributed by atoms with E-state index < -0.39 is 0 Å². The Bertz CT molecular complexity index is 794. The SMILES string of the molecule is Cc1ccc(NN=Cc2ccc(-c3ccccc3)o2)cc1Cl. The first-order valence-corrected chi connectivity index (χ1v) is 7.31. The van der Waals surface area contributed by atoms with E-state index in [1.54, 1.807) is 6.21 Å². The minimum absolute atomic E-state index is 0.685. The molecule has 0 saturated heterocycles. The highest BCUT2D eigenvalue weighted by atomic mass is 35.5. The molecule has 4 heteroatoms. The maximum Gasteiger partial charge on any atom is 0.147 e. The van der Waals surface area contributed by atoms with Crippen LogP contribution in [0, 0.1) is 6.92 Å². The van der Waals surface area contributed by atoms with Crippen molar-refractivity contribution in [1.29, 1.82) is 0 Å². The van der Waals surface area contributed by atoms with Gasteiger partial charge in [-0.05, 0) is 36.8 Å². The number of aryl methyl sites for hydroxylation is 1. The third-order valence-corrected chi connectivity index (χ3v) is 3.65. The van der Waals surface area contributed by atoms with Crippen molar-refractivity contribution in [3.63, 3.8) is 0 Å². The highest BCUT2D eigenvalue weighted by molar-refractivity contribution is 6.31. The molecule has 0 spiro atoms. The first-order chi connectivity index (χ1) is 10.7. The molecule has 0 unspecified atom stereocenters. The Morgan fingerprint density at radius 3 is 2.64 bits per heavy atom. The predicted molar refractivity (Wildman–Crippen MR) is 91.5 cm³/mol. The zero-order valence-electron chi connectivity index (χ0n) is 12.1. The molecule has 0 bridgehead atoms. The van der Waals surface area contributed by atoms with E-state index in [1.165, 1.54) is 0 Å². The highest BCUT2D eigenvalue weighted by Gasteiger charge is 2.02. The molecule has 22 heavy (non-hydrogen) atoms. The number of hydrogen-bond donors (Lipinski definition) is 1. The van der Waals surface area contributed by atoms with Gasteiger partial charge >= 0.3 is 0 Å². The van der Waals surface area contributed by atoms with Gasteiger partial charge < -0.3 is 4.42 Å². The molecule has 0 aliphatic heterocycles. The number of halogens is 1.